The molecule has 0 unspecified atom stereocenters. The summed E-state index contributed by atoms with van der Waals surface area (Å²) in [6.07, 6.45) is 6.72. The van der Waals surface area contributed by atoms with Crippen molar-refractivity contribution in [3.63, 3.8) is 0 Å². The third-order valence-corrected chi connectivity index (χ3v) is 10.7. The van der Waals surface area contributed by atoms with Crippen molar-refractivity contribution in [2.24, 2.45) is 0 Å². The minimum Gasteiger partial charge on any atom is -0.331 e. The molecule has 226 valence electrons. The molecule has 0 bridgehead atoms. The zero-order valence-electron chi connectivity index (χ0n) is 24.4. The van der Waals surface area contributed by atoms with Gasteiger partial charge >= 0.3 is 0 Å². The highest BCUT2D eigenvalue weighted by atomic mass is 32.2. The van der Waals surface area contributed by atoms with Crippen LogP contribution in [-0.2, 0) is 23.0 Å². The second kappa shape index (κ2) is 11.0. The molecule has 0 aliphatic heterocycles. The number of para-hydroxylation sites is 1. The van der Waals surface area contributed by atoms with E-state index >= 15 is 4.39 Å². The van der Waals surface area contributed by atoms with Crippen molar-refractivity contribution in [2.45, 2.75) is 69.6 Å². The van der Waals surface area contributed by atoms with Crippen molar-refractivity contribution in [3.8, 4) is 11.1 Å². The Hall–Kier alpha value is -4.31. The van der Waals surface area contributed by atoms with E-state index in [9.17, 15) is 18.0 Å². The number of aryl methyl sites for hydroxylation is 1. The molecule has 2 N–H and O–H groups in total. The van der Waals surface area contributed by atoms with Crippen LogP contribution >= 0.6 is 0 Å². The van der Waals surface area contributed by atoms with Gasteiger partial charge in [0.05, 0.1) is 22.8 Å². The van der Waals surface area contributed by atoms with Crippen molar-refractivity contribution >= 4 is 37.7 Å². The Morgan fingerprint density at radius 1 is 1.07 bits per heavy atom. The van der Waals surface area contributed by atoms with Gasteiger partial charge in [-0.15, -0.1) is 0 Å². The summed E-state index contributed by atoms with van der Waals surface area (Å²) in [5.41, 5.74) is 3.59. The number of benzene rings is 2. The molecule has 8 nitrogen and oxygen atoms in total. The summed E-state index contributed by atoms with van der Waals surface area (Å²) in [4.78, 5) is 35.1. The maximum atomic E-state index is 15.6. The van der Waals surface area contributed by atoms with Crippen LogP contribution in [-0.4, -0.2) is 34.1 Å². The van der Waals surface area contributed by atoms with Crippen molar-refractivity contribution in [2.75, 3.05) is 0 Å². The largest absolute Gasteiger partial charge is 0.331 e. The molecule has 10 heteroatoms. The van der Waals surface area contributed by atoms with Gasteiger partial charge in [-0.3, -0.25) is 14.6 Å². The molecule has 0 saturated heterocycles. The predicted molar refractivity (Wildman–Crippen MR) is 169 cm³/mol. The molecule has 2 saturated carbocycles. The van der Waals surface area contributed by atoms with Gasteiger partial charge in [0.1, 0.15) is 11.5 Å². The first kappa shape index (κ1) is 28.5. The Labute approximate surface area is 254 Å². The van der Waals surface area contributed by atoms with Crippen molar-refractivity contribution < 1.29 is 17.6 Å². The van der Waals surface area contributed by atoms with Crippen LogP contribution in [0.25, 0.3) is 32.9 Å². The van der Waals surface area contributed by atoms with E-state index in [1.54, 1.807) is 22.8 Å². The van der Waals surface area contributed by atoms with Crippen molar-refractivity contribution in [1.29, 1.82) is 0 Å². The molecule has 7 rings (SSSR count). The summed E-state index contributed by atoms with van der Waals surface area (Å²) in [6, 6.07) is 16.3. The van der Waals surface area contributed by atoms with Gasteiger partial charge in [-0.05, 0) is 79.6 Å². The Kier molecular flexibility index (Phi) is 7.11. The monoisotopic (exact) mass is 612 g/mol. The lowest BCUT2D eigenvalue weighted by Crippen LogP contribution is -2.35. The number of halogens is 1. The summed E-state index contributed by atoms with van der Waals surface area (Å²) in [7, 11) is -3.93. The summed E-state index contributed by atoms with van der Waals surface area (Å²) in [5.74, 6) is -1.00. The molecule has 2 aromatic carbocycles. The number of nitrogens with one attached hydrogen (secondary N) is 2. The van der Waals surface area contributed by atoms with Gasteiger partial charge in [0, 0.05) is 39.7 Å². The molecule has 5 aromatic rings. The number of hydrogen-bond acceptors (Lipinski definition) is 5. The van der Waals surface area contributed by atoms with Gasteiger partial charge in [-0.2, -0.15) is 0 Å². The standard InChI is InChI=1S/C34H33FN4O4S/c1-2-7-21-17-26-29(18-27(21)35)39(19-23-16-22-8-3-4-12-28(22)37-31(23)20-9-5-10-20)32(30(26)25-11-6-15-36-33(25)40)34(41)38-44(42,43)24-13-14-24/h3-4,6,8,11-12,15-18,20,24H,2,5,7,9-10,13-14,19H2,1H3,(H,36,40)(H,38,41). The number of hydrogen-bond donors (Lipinski definition) is 2. The third-order valence-electron chi connectivity index (χ3n) is 8.91. The first-order chi connectivity index (χ1) is 21.2. The van der Waals surface area contributed by atoms with E-state index < -0.39 is 32.6 Å². The fourth-order valence-electron chi connectivity index (χ4n) is 6.31. The predicted octanol–water partition coefficient (Wildman–Crippen LogP) is 6.17. The Morgan fingerprint density at radius 2 is 1.86 bits per heavy atom. The van der Waals surface area contributed by atoms with Crippen LogP contribution in [0.1, 0.15) is 78.7 Å². The molecular formula is C34H33FN4O4S. The van der Waals surface area contributed by atoms with E-state index in [1.165, 1.54) is 12.3 Å². The molecule has 2 fully saturated rings. The molecule has 0 atom stereocenters. The van der Waals surface area contributed by atoms with Crippen LogP contribution in [0.3, 0.4) is 0 Å². The number of amides is 1. The van der Waals surface area contributed by atoms with Crippen molar-refractivity contribution in [1.82, 2.24) is 19.3 Å². The molecule has 3 heterocycles. The third kappa shape index (κ3) is 5.00. The number of carbonyl (C=O) groups excluding carboxylic acids is 1. The Morgan fingerprint density at radius 3 is 2.57 bits per heavy atom. The zero-order chi connectivity index (χ0) is 30.6. The van der Waals surface area contributed by atoms with Crippen LogP contribution in [0.4, 0.5) is 4.39 Å². The van der Waals surface area contributed by atoms with Crippen LogP contribution in [0.2, 0.25) is 0 Å². The summed E-state index contributed by atoms with van der Waals surface area (Å²) < 4.78 is 45.6. The van der Waals surface area contributed by atoms with Gasteiger partial charge in [-0.1, -0.05) is 38.0 Å². The highest BCUT2D eigenvalue weighted by Gasteiger charge is 2.38. The van der Waals surface area contributed by atoms with E-state index in [2.05, 4.69) is 15.8 Å². The van der Waals surface area contributed by atoms with E-state index in [0.29, 0.717) is 42.1 Å². The molecule has 0 radical (unpaired) electrons. The van der Waals surface area contributed by atoms with Gasteiger partial charge in [0.25, 0.3) is 11.5 Å². The topological polar surface area (TPSA) is 114 Å². The minimum atomic E-state index is -3.93. The number of carbonyl (C=O) groups is 1. The maximum Gasteiger partial charge on any atom is 0.282 e. The second-order valence-electron chi connectivity index (χ2n) is 12.0. The molecule has 0 spiro atoms. The number of fused-ring (bicyclic) bond motifs is 2. The molecule has 2 aliphatic carbocycles. The molecule has 2 aliphatic rings. The summed E-state index contributed by atoms with van der Waals surface area (Å²) in [5, 5.41) is 0.816. The smallest absolute Gasteiger partial charge is 0.282 e. The lowest BCUT2D eigenvalue weighted by atomic mass is 9.80. The quantitative estimate of drug-likeness (QED) is 0.207. The molecular weight excluding hydrogens is 579 g/mol. The summed E-state index contributed by atoms with van der Waals surface area (Å²) in [6.45, 7) is 2.09. The van der Waals surface area contributed by atoms with Crippen LogP contribution in [0, 0.1) is 5.82 Å². The molecule has 44 heavy (non-hydrogen) atoms. The van der Waals surface area contributed by atoms with Crippen LogP contribution in [0.15, 0.2) is 65.6 Å². The lowest BCUT2D eigenvalue weighted by Gasteiger charge is -2.27. The number of aromatic amines is 1. The van der Waals surface area contributed by atoms with Gasteiger partial charge in [-0.25, -0.2) is 17.5 Å². The second-order valence-corrected chi connectivity index (χ2v) is 13.9. The maximum absolute atomic E-state index is 15.6. The van der Waals surface area contributed by atoms with Crippen molar-refractivity contribution in [3.05, 3.63) is 99.5 Å². The fraction of sp³-hybridized carbons (Fsp3) is 0.324. The van der Waals surface area contributed by atoms with Crippen LogP contribution < -0.4 is 10.3 Å². The molecule has 3 aromatic heterocycles. The summed E-state index contributed by atoms with van der Waals surface area (Å²) >= 11 is 0. The average Bonchev–Trinajstić information content (AvgIpc) is 3.79. The molecule has 1 amide bonds. The normalized spacial score (nSPS) is 15.5. The van der Waals surface area contributed by atoms with Crippen LogP contribution in [0.5, 0.6) is 0 Å². The number of pyridine rings is 2. The number of rotatable bonds is 9. The fourth-order valence-corrected chi connectivity index (χ4v) is 7.59. The van der Waals surface area contributed by atoms with Gasteiger partial charge in [0.2, 0.25) is 10.0 Å². The SMILES string of the molecule is CCCc1cc2c(-c3ccc[nH]c3=O)c(C(=O)NS(=O)(=O)C3CC3)n(Cc3cc4ccccc4nc3C3CCC3)c2cc1F. The van der Waals surface area contributed by atoms with E-state index in [0.717, 1.165) is 41.4 Å². The number of H-pyrrole nitrogens is 1. The van der Waals surface area contributed by atoms with Gasteiger partial charge < -0.3 is 9.55 Å². The number of sulfonamides is 1. The van der Waals surface area contributed by atoms with Gasteiger partial charge in [0.15, 0.2) is 0 Å². The minimum absolute atomic E-state index is 0.00157. The van der Waals surface area contributed by atoms with E-state index in [4.69, 9.17) is 4.98 Å². The Bertz CT molecular complexity index is 2110. The van der Waals surface area contributed by atoms with E-state index in [1.807, 2.05) is 31.2 Å². The zero-order valence-corrected chi connectivity index (χ0v) is 25.2. The highest BCUT2D eigenvalue weighted by Crippen LogP contribution is 2.40. The first-order valence-electron chi connectivity index (χ1n) is 15.2. The Balaban J connectivity index is 1.52. The first-order valence-corrected chi connectivity index (χ1v) is 16.8. The number of nitrogens with zero attached hydrogens (tertiary/aromatic N) is 2. The lowest BCUT2D eigenvalue weighted by molar-refractivity contribution is 0.0974. The number of aromatic nitrogens is 3. The highest BCUT2D eigenvalue weighted by molar-refractivity contribution is 7.91. The average molecular weight is 613 g/mol. The van der Waals surface area contributed by atoms with E-state index in [-0.39, 0.29) is 29.3 Å².